The van der Waals surface area contributed by atoms with Gasteiger partial charge in [0.05, 0.1) is 5.02 Å². The maximum absolute atomic E-state index is 6.17. The van der Waals surface area contributed by atoms with Crippen molar-refractivity contribution in [2.75, 3.05) is 38.1 Å². The average molecular weight is 341 g/mol. The zero-order chi connectivity index (χ0) is 16.7. The van der Waals surface area contributed by atoms with Crippen molar-refractivity contribution in [3.63, 3.8) is 0 Å². The number of nitrogens with one attached hydrogen (secondary N) is 1. The first-order valence-electron chi connectivity index (χ1n) is 8.29. The molecule has 1 aromatic carbocycles. The monoisotopic (exact) mass is 340 g/mol. The number of aromatic amines is 1. The summed E-state index contributed by atoms with van der Waals surface area (Å²) >= 11 is 6.17. The molecule has 24 heavy (non-hydrogen) atoms. The van der Waals surface area contributed by atoms with Crippen molar-refractivity contribution in [1.82, 2.24) is 14.9 Å². The fourth-order valence-corrected chi connectivity index (χ4v) is 3.40. The number of nitrogens with zero attached hydrogens (tertiary/aromatic N) is 3. The summed E-state index contributed by atoms with van der Waals surface area (Å²) in [5.41, 5.74) is 5.49. The second kappa shape index (κ2) is 6.11. The van der Waals surface area contributed by atoms with Crippen LogP contribution in [0, 0.1) is 6.92 Å². The molecule has 0 spiro atoms. The van der Waals surface area contributed by atoms with Gasteiger partial charge in [0.15, 0.2) is 0 Å². The van der Waals surface area contributed by atoms with E-state index in [1.807, 2.05) is 6.92 Å². The molecule has 0 amide bonds. The summed E-state index contributed by atoms with van der Waals surface area (Å²) in [6.07, 6.45) is 1.70. The molecule has 2 aromatic heterocycles. The Balaban J connectivity index is 1.62. The van der Waals surface area contributed by atoms with Crippen LogP contribution in [0.3, 0.4) is 0 Å². The molecule has 3 heterocycles. The average Bonchev–Trinajstić information content (AvgIpc) is 3.04. The molecule has 5 heteroatoms. The zero-order valence-corrected chi connectivity index (χ0v) is 14.8. The quantitative estimate of drug-likeness (QED) is 0.767. The number of aryl methyl sites for hydroxylation is 1. The molecule has 0 bridgehead atoms. The highest BCUT2D eigenvalue weighted by molar-refractivity contribution is 6.32. The topological polar surface area (TPSA) is 35.2 Å². The minimum absolute atomic E-state index is 0.707. The SMILES string of the molecule is Cc1c(Cl)cnc2[nH]c(-c3ccc(N4CCN(C)CC4)cc3)cc12. The number of hydrogen-bond donors (Lipinski definition) is 1. The lowest BCUT2D eigenvalue weighted by molar-refractivity contribution is 0.313. The van der Waals surface area contributed by atoms with E-state index in [9.17, 15) is 0 Å². The Morgan fingerprint density at radius 3 is 2.50 bits per heavy atom. The van der Waals surface area contributed by atoms with Crippen molar-refractivity contribution in [2.45, 2.75) is 6.92 Å². The molecule has 4 rings (SSSR count). The van der Waals surface area contributed by atoms with Crippen molar-refractivity contribution in [3.8, 4) is 11.3 Å². The fraction of sp³-hybridized carbons (Fsp3) is 0.316. The van der Waals surface area contributed by atoms with Crippen LogP contribution < -0.4 is 4.90 Å². The predicted octanol–water partition coefficient (Wildman–Crippen LogP) is 3.94. The van der Waals surface area contributed by atoms with E-state index >= 15 is 0 Å². The second-order valence-electron chi connectivity index (χ2n) is 6.51. The van der Waals surface area contributed by atoms with E-state index in [2.05, 4.69) is 57.1 Å². The number of anilines is 1. The van der Waals surface area contributed by atoms with Gasteiger partial charge in [0.1, 0.15) is 5.65 Å². The summed E-state index contributed by atoms with van der Waals surface area (Å²) in [6, 6.07) is 10.9. The molecule has 1 N–H and O–H groups in total. The molecule has 1 fully saturated rings. The van der Waals surface area contributed by atoms with Gasteiger partial charge in [0, 0.05) is 49.1 Å². The Morgan fingerprint density at radius 1 is 1.08 bits per heavy atom. The lowest BCUT2D eigenvalue weighted by Gasteiger charge is -2.34. The number of aromatic nitrogens is 2. The summed E-state index contributed by atoms with van der Waals surface area (Å²) in [7, 11) is 2.18. The molecule has 1 aliphatic rings. The van der Waals surface area contributed by atoms with E-state index in [4.69, 9.17) is 11.6 Å². The van der Waals surface area contributed by atoms with E-state index in [0.29, 0.717) is 5.02 Å². The first-order chi connectivity index (χ1) is 11.6. The molecule has 4 nitrogen and oxygen atoms in total. The summed E-state index contributed by atoms with van der Waals surface area (Å²) in [5, 5.41) is 1.79. The van der Waals surface area contributed by atoms with Crippen LogP contribution in [-0.4, -0.2) is 48.1 Å². The van der Waals surface area contributed by atoms with Crippen molar-refractivity contribution in [1.29, 1.82) is 0 Å². The van der Waals surface area contributed by atoms with Gasteiger partial charge in [-0.2, -0.15) is 0 Å². The Morgan fingerprint density at radius 2 is 1.79 bits per heavy atom. The second-order valence-corrected chi connectivity index (χ2v) is 6.92. The van der Waals surface area contributed by atoms with Crippen molar-refractivity contribution < 1.29 is 0 Å². The fourth-order valence-electron chi connectivity index (χ4n) is 3.25. The standard InChI is InChI=1S/C19H21ClN4/c1-13-16-11-18(22-19(16)21-12-17(13)20)14-3-5-15(6-4-14)24-9-7-23(2)8-10-24/h3-6,11-12H,7-10H2,1-2H3,(H,21,22). The Bertz CT molecular complexity index is 861. The molecular formula is C19H21ClN4. The third kappa shape index (κ3) is 2.76. The van der Waals surface area contributed by atoms with Gasteiger partial charge in [-0.1, -0.05) is 23.7 Å². The number of halogens is 1. The third-order valence-electron chi connectivity index (χ3n) is 4.91. The molecular weight excluding hydrogens is 320 g/mol. The van der Waals surface area contributed by atoms with Gasteiger partial charge in [0.25, 0.3) is 0 Å². The molecule has 1 saturated heterocycles. The molecule has 0 saturated carbocycles. The predicted molar refractivity (Wildman–Crippen MR) is 101 cm³/mol. The number of rotatable bonds is 2. The number of likely N-dealkylation sites (N-methyl/N-ethyl adjacent to an activating group) is 1. The molecule has 0 radical (unpaired) electrons. The molecule has 0 unspecified atom stereocenters. The van der Waals surface area contributed by atoms with Crippen LogP contribution in [0.25, 0.3) is 22.3 Å². The highest BCUT2D eigenvalue weighted by Crippen LogP contribution is 2.29. The Kier molecular flexibility index (Phi) is 3.94. The number of fused-ring (bicyclic) bond motifs is 1. The van der Waals surface area contributed by atoms with Crippen LogP contribution in [0.5, 0.6) is 0 Å². The molecule has 3 aromatic rings. The van der Waals surface area contributed by atoms with Crippen LogP contribution in [0.4, 0.5) is 5.69 Å². The van der Waals surface area contributed by atoms with Crippen LogP contribution >= 0.6 is 11.6 Å². The highest BCUT2D eigenvalue weighted by Gasteiger charge is 2.14. The minimum atomic E-state index is 0.707. The lowest BCUT2D eigenvalue weighted by atomic mass is 10.1. The largest absolute Gasteiger partial charge is 0.369 e. The van der Waals surface area contributed by atoms with E-state index in [1.54, 1.807) is 6.20 Å². The normalized spacial score (nSPS) is 16.0. The number of piperazine rings is 1. The summed E-state index contributed by atoms with van der Waals surface area (Å²) in [5.74, 6) is 0. The number of H-pyrrole nitrogens is 1. The van der Waals surface area contributed by atoms with E-state index in [-0.39, 0.29) is 0 Å². The Hall–Kier alpha value is -2.04. The van der Waals surface area contributed by atoms with E-state index in [1.165, 1.54) is 11.3 Å². The van der Waals surface area contributed by atoms with Crippen LogP contribution in [0.15, 0.2) is 36.5 Å². The van der Waals surface area contributed by atoms with Crippen LogP contribution in [-0.2, 0) is 0 Å². The van der Waals surface area contributed by atoms with Gasteiger partial charge in [0.2, 0.25) is 0 Å². The number of pyridine rings is 1. The summed E-state index contributed by atoms with van der Waals surface area (Å²) in [4.78, 5) is 12.6. The first-order valence-corrected chi connectivity index (χ1v) is 8.67. The van der Waals surface area contributed by atoms with Crippen molar-refractivity contribution in [3.05, 3.63) is 47.1 Å². The smallest absolute Gasteiger partial charge is 0.138 e. The molecule has 1 aliphatic heterocycles. The lowest BCUT2D eigenvalue weighted by Crippen LogP contribution is -2.44. The maximum Gasteiger partial charge on any atom is 0.138 e. The van der Waals surface area contributed by atoms with Crippen molar-refractivity contribution in [2.24, 2.45) is 0 Å². The molecule has 124 valence electrons. The molecule has 0 aliphatic carbocycles. The minimum Gasteiger partial charge on any atom is -0.369 e. The maximum atomic E-state index is 6.17. The van der Waals surface area contributed by atoms with E-state index in [0.717, 1.165) is 48.5 Å². The highest BCUT2D eigenvalue weighted by atomic mass is 35.5. The van der Waals surface area contributed by atoms with Gasteiger partial charge in [-0.05, 0) is 43.3 Å². The van der Waals surface area contributed by atoms with Crippen molar-refractivity contribution >= 4 is 28.3 Å². The third-order valence-corrected chi connectivity index (χ3v) is 5.29. The van der Waals surface area contributed by atoms with Gasteiger partial charge < -0.3 is 14.8 Å². The summed E-state index contributed by atoms with van der Waals surface area (Å²) < 4.78 is 0. The van der Waals surface area contributed by atoms with Gasteiger partial charge in [-0.3, -0.25) is 0 Å². The van der Waals surface area contributed by atoms with Gasteiger partial charge in [-0.25, -0.2) is 4.98 Å². The number of hydrogen-bond acceptors (Lipinski definition) is 3. The van der Waals surface area contributed by atoms with Crippen LogP contribution in [0.2, 0.25) is 5.02 Å². The Labute approximate surface area is 147 Å². The van der Waals surface area contributed by atoms with Gasteiger partial charge in [-0.15, -0.1) is 0 Å². The van der Waals surface area contributed by atoms with Gasteiger partial charge >= 0.3 is 0 Å². The van der Waals surface area contributed by atoms with E-state index < -0.39 is 0 Å². The molecule has 0 atom stereocenters. The number of benzene rings is 1. The summed E-state index contributed by atoms with van der Waals surface area (Å²) in [6.45, 7) is 6.44. The zero-order valence-electron chi connectivity index (χ0n) is 14.0. The van der Waals surface area contributed by atoms with Crippen LogP contribution in [0.1, 0.15) is 5.56 Å². The first kappa shape index (κ1) is 15.5.